The zero-order chi connectivity index (χ0) is 103. The number of rotatable bonds is 24. The second-order valence-corrected chi connectivity index (χ2v) is 35.2. The zero-order valence-electron chi connectivity index (χ0n) is 74.9. The average Bonchev–Trinajstić information content (AvgIpc) is 1.66. The predicted octanol–water partition coefficient (Wildman–Crippen LogP) is 2.49. The van der Waals surface area contributed by atoms with E-state index in [0.717, 1.165) is 76.9 Å². The number of carbonyl (C=O) groups excluding carboxylic acids is 12. The number of aliphatic hydroxyl groups excluding tert-OH is 3. The smallest absolute Gasteiger partial charge is 0.351 e. The summed E-state index contributed by atoms with van der Waals surface area (Å²) in [5, 5.41) is 28.1. The number of alkyl halides is 4. The van der Waals surface area contributed by atoms with E-state index in [0.29, 0.717) is 4.57 Å². The number of nitrogens with zero attached hydrogens (tertiary/aromatic N) is 10. The van der Waals surface area contributed by atoms with Crippen molar-refractivity contribution < 1.29 is 207 Å². The molecular formula is C79H109Br5CuF5N15O36Zn. The third-order valence-corrected chi connectivity index (χ3v) is 23.3. The van der Waals surface area contributed by atoms with Gasteiger partial charge in [0.15, 0.2) is 107 Å². The number of hydrogen-bond acceptors (Lipinski definition) is 46. The number of aromatic nitrogens is 10. The van der Waals surface area contributed by atoms with Crippen molar-refractivity contribution >= 4 is 179 Å². The van der Waals surface area contributed by atoms with Crippen LogP contribution in [0.4, 0.5) is 51.0 Å². The number of nitrogen functional groups attached to an aromatic ring is 5. The minimum atomic E-state index is -1.56. The number of nitrogens with two attached hydrogens (primary N) is 5. The van der Waals surface area contributed by atoms with Crippen molar-refractivity contribution in [2.24, 2.45) is 0 Å². The minimum Gasteiger partial charge on any atom is -0.463 e. The van der Waals surface area contributed by atoms with Crippen LogP contribution in [0.1, 0.15) is 165 Å². The van der Waals surface area contributed by atoms with Gasteiger partial charge in [0.25, 0.3) is 0 Å². The molecule has 0 aromatic carbocycles. The van der Waals surface area contributed by atoms with Crippen LogP contribution >= 0.6 is 79.6 Å². The first-order valence-corrected chi connectivity index (χ1v) is 43.4. The maximum atomic E-state index is 13.9. The molecule has 5 aliphatic heterocycles. The summed E-state index contributed by atoms with van der Waals surface area (Å²) in [5.41, 5.74) is 17.6. The van der Waals surface area contributed by atoms with Crippen molar-refractivity contribution in [1.82, 2.24) is 47.8 Å². The number of aliphatic hydroxyl groups is 3. The number of carbonyl (C=O) groups is 12. The Hall–Kier alpha value is -9.89. The molecule has 10 heterocycles. The largest absolute Gasteiger partial charge is 0.463 e. The molecule has 5 aliphatic rings. The van der Waals surface area contributed by atoms with Gasteiger partial charge in [-0.2, -0.15) is 24.9 Å². The Morgan fingerprint density at radius 3 is 0.817 bits per heavy atom. The van der Waals surface area contributed by atoms with Gasteiger partial charge in [-0.25, -0.2) is 55.5 Å². The molecule has 14 unspecified atom stereocenters. The van der Waals surface area contributed by atoms with Gasteiger partial charge >= 0.3 is 94.1 Å². The molecule has 10 rings (SSSR count). The van der Waals surface area contributed by atoms with E-state index in [1.807, 2.05) is 0 Å². The fourth-order valence-electron chi connectivity index (χ4n) is 12.1. The third-order valence-electron chi connectivity index (χ3n) is 18.1. The molecule has 0 saturated carbocycles. The van der Waals surface area contributed by atoms with E-state index >= 15 is 0 Å². The maximum Gasteiger partial charge on any atom is 0.351 e. The standard InChI is InChI=1S/2C17H21BrFN3O8.2C13H15BrFN3O6.C9H12FN3O5.C6H9BrO3.4CH4.Cu.Zn/c1-7(23)28-12-10(6-27-15(25)17(3,4)30-8(2)24)29-14(11(12)18)22-5-9(19)13(20)21-16(22)26;1-7(23)28-12-11(18)10(6-27-15(25)17(3,4)30-8(2)24)29-14(12)22-5-9(19)13(20)21-16(22)26;1-5(19)22-4-8-10(23-6(2)20)9(14)12(24-8)18-3-7(15)11(16)17-13(18)21;1-5(19)22-4-8-9(14)10(23-6(2)20)12(24-8)18-3-7(15)11(16)17-13(18)21;10-3-1-13(9(17)12-7(3)11)8-6(16)5(15)4(2-14)18-8;1-4(8)10-6(2,3)5(7)9;;;;;;/h2*5,10-12,14H,6H2,1-4H3,(H2,20,21,26);2*3,8-10,12H,4H2,1-2H3,(H2,16,17,21);1,4-6,8,14-16H,2H2,(H2,11,12,17);1-3H3;4*1H4;;/t2*10?,11?,12-,14?;2*8?,9?,10-,12?;4?,5-,6-,8?;;;;;;;/m11111......./s1. The number of esters is 11. The molecule has 0 aliphatic carbocycles. The summed E-state index contributed by atoms with van der Waals surface area (Å²) in [5.74, 6) is -14.6. The Balaban J connectivity index is 0. The quantitative estimate of drug-likeness (QED) is 0.0110. The van der Waals surface area contributed by atoms with E-state index < -0.39 is 300 Å². The zero-order valence-corrected chi connectivity index (χ0v) is 86.8. The summed E-state index contributed by atoms with van der Waals surface area (Å²) in [6.07, 6.45) is -13.3. The summed E-state index contributed by atoms with van der Waals surface area (Å²) >= 11 is 15.9. The van der Waals surface area contributed by atoms with Crippen LogP contribution in [0.2, 0.25) is 0 Å². The van der Waals surface area contributed by atoms with Crippen molar-refractivity contribution in [3.63, 3.8) is 0 Å². The van der Waals surface area contributed by atoms with Crippen LogP contribution in [0.3, 0.4) is 0 Å². The van der Waals surface area contributed by atoms with E-state index in [9.17, 15) is 114 Å². The molecule has 0 bridgehead atoms. The Morgan fingerprint density at radius 1 is 0.352 bits per heavy atom. The molecule has 142 heavy (non-hydrogen) atoms. The van der Waals surface area contributed by atoms with Crippen molar-refractivity contribution in [3.8, 4) is 0 Å². The second kappa shape index (κ2) is 58.3. The summed E-state index contributed by atoms with van der Waals surface area (Å²) < 4.78 is 155. The molecule has 51 nitrogen and oxygen atoms in total. The van der Waals surface area contributed by atoms with E-state index in [2.05, 4.69) is 109 Å². The Labute approximate surface area is 870 Å². The molecule has 20 atom stereocenters. The fourth-order valence-corrected chi connectivity index (χ4v) is 15.1. The Morgan fingerprint density at radius 2 is 0.577 bits per heavy atom. The first-order chi connectivity index (χ1) is 62.9. The van der Waals surface area contributed by atoms with E-state index in [1.165, 1.54) is 76.2 Å². The summed E-state index contributed by atoms with van der Waals surface area (Å²) in [6, 6.07) is 0. The van der Waals surface area contributed by atoms with Crippen molar-refractivity contribution in [2.75, 3.05) is 61.7 Å². The number of anilines is 5. The SMILES string of the molecule is C.C.C.C.CC(=O)OC(C)(C)C(=O)Br.CC(=O)OCC1OC(n2cc(F)c(N)nc2=O)C(Br)[C@@H]1OC(C)=O.CC(=O)OCC1OC(n2cc(F)c(N)nc2=O)[C@H](OC(C)=O)C1Br.CC(=O)O[C@@H]1C(Br)C(COC(=O)C(C)(C)OC(C)=O)OC1n1cc(F)c(N)nc1=O.CC(=O)O[C@@H]1C(COC(=O)C(C)(C)OC(C)=O)OC(n2cc(F)c(N)nc2=O)C1Br.Nc1nc(=O)n(C2OC(CO)[C@@H](O)[C@H]2O)cc1F.[Cu].[Zn]. The van der Waals surface area contributed by atoms with E-state index in [1.54, 1.807) is 0 Å². The second-order valence-electron chi connectivity index (χ2n) is 30.3. The summed E-state index contributed by atoms with van der Waals surface area (Å²) in [4.78, 5) is 209. The molecule has 5 aromatic rings. The number of ether oxygens (including phenoxy) is 16. The summed E-state index contributed by atoms with van der Waals surface area (Å²) in [6.45, 7) is 17.5. The topological polar surface area (TPSA) is 718 Å². The van der Waals surface area contributed by atoms with Crippen molar-refractivity contribution in [2.45, 2.75) is 268 Å². The van der Waals surface area contributed by atoms with Crippen LogP contribution in [0.5, 0.6) is 0 Å². The van der Waals surface area contributed by atoms with Gasteiger partial charge in [0.1, 0.15) is 81.4 Å². The molecule has 5 saturated heterocycles. The van der Waals surface area contributed by atoms with Gasteiger partial charge in [0.2, 0.25) is 15.9 Å². The van der Waals surface area contributed by atoms with Crippen LogP contribution in [-0.2, 0) is 170 Å². The Kier molecular flexibility index (Phi) is 55.1. The van der Waals surface area contributed by atoms with Crippen molar-refractivity contribution in [3.05, 3.63) is 112 Å². The van der Waals surface area contributed by atoms with Gasteiger partial charge in [-0.15, -0.1) is 0 Å². The number of halogens is 10. The van der Waals surface area contributed by atoms with Gasteiger partial charge in [0, 0.05) is 98.9 Å². The maximum absolute atomic E-state index is 13.9. The molecule has 1 radical (unpaired) electrons. The molecule has 799 valence electrons. The molecule has 13 N–H and O–H groups in total. The first kappa shape index (κ1) is 134. The van der Waals surface area contributed by atoms with Crippen LogP contribution in [0.15, 0.2) is 55.0 Å². The van der Waals surface area contributed by atoms with Gasteiger partial charge in [-0.3, -0.25) is 70.8 Å². The Bertz CT molecular complexity index is 5570. The van der Waals surface area contributed by atoms with Crippen LogP contribution in [0.25, 0.3) is 0 Å². The third kappa shape index (κ3) is 37.3. The molecule has 0 amide bonds. The van der Waals surface area contributed by atoms with E-state index in [4.69, 9.17) is 105 Å². The fraction of sp³-hybridized carbons (Fsp3) is 0.595. The minimum absolute atomic E-state index is 0. The van der Waals surface area contributed by atoms with E-state index in [-0.39, 0.29) is 90.8 Å². The molecule has 5 fully saturated rings. The molecule has 5 aromatic heterocycles. The van der Waals surface area contributed by atoms with Gasteiger partial charge < -0.3 is 120 Å². The first-order valence-electron chi connectivity index (χ1n) is 39.0. The molecule has 0 spiro atoms. The van der Waals surface area contributed by atoms with Gasteiger partial charge in [-0.1, -0.05) is 93.4 Å². The van der Waals surface area contributed by atoms with Crippen molar-refractivity contribution in [1.29, 1.82) is 0 Å². The summed E-state index contributed by atoms with van der Waals surface area (Å²) in [7, 11) is 0. The average molecular weight is 2470 g/mol. The number of hydrogen-bond donors (Lipinski definition) is 8. The van der Waals surface area contributed by atoms with Crippen LogP contribution < -0.4 is 57.1 Å². The predicted molar refractivity (Wildman–Crippen MR) is 490 cm³/mol. The molecular weight excluding hydrogens is 2360 g/mol. The van der Waals surface area contributed by atoms with Crippen LogP contribution in [0, 0.1) is 29.1 Å². The van der Waals surface area contributed by atoms with Gasteiger partial charge in [0.05, 0.1) is 56.9 Å². The monoisotopic (exact) mass is 2460 g/mol. The van der Waals surface area contributed by atoms with Crippen LogP contribution in [-0.4, -0.2) is 270 Å². The normalized spacial score (nSPS) is 23.6. The van der Waals surface area contributed by atoms with Gasteiger partial charge in [-0.05, 0) is 57.5 Å². The molecule has 63 heteroatoms.